The van der Waals surface area contributed by atoms with Crippen molar-refractivity contribution in [3.8, 4) is 0 Å². The summed E-state index contributed by atoms with van der Waals surface area (Å²) in [6.45, 7) is 5.37. The maximum Gasteiger partial charge on any atom is 0.158 e. The monoisotopic (exact) mass is 253 g/mol. The van der Waals surface area contributed by atoms with Gasteiger partial charge in [0.15, 0.2) is 5.65 Å². The van der Waals surface area contributed by atoms with Crippen LogP contribution in [0.25, 0.3) is 11.2 Å². The first-order valence-corrected chi connectivity index (χ1v) is 5.43. The molecule has 0 amide bonds. The Morgan fingerprint density at radius 3 is 3.00 bits per heavy atom. The zero-order chi connectivity index (χ0) is 10.1. The molecule has 0 aliphatic carbocycles. The molecular weight excluding hydrogens is 242 g/mol. The Balaban J connectivity index is 2.47. The van der Waals surface area contributed by atoms with Crippen molar-refractivity contribution in [2.75, 3.05) is 0 Å². The summed E-state index contributed by atoms with van der Waals surface area (Å²) in [4.78, 5) is 8.68. The van der Waals surface area contributed by atoms with Crippen LogP contribution in [0.2, 0.25) is 0 Å². The highest BCUT2D eigenvalue weighted by Crippen LogP contribution is 2.15. The second kappa shape index (κ2) is 3.69. The first-order chi connectivity index (χ1) is 6.66. The molecule has 2 aromatic heterocycles. The van der Waals surface area contributed by atoms with E-state index in [-0.39, 0.29) is 0 Å². The molecule has 0 N–H and O–H groups in total. The number of nitrogens with zero attached hydrogens (tertiary/aromatic N) is 3. The molecule has 0 fully saturated rings. The molecule has 0 saturated heterocycles. The van der Waals surface area contributed by atoms with Gasteiger partial charge in [-0.1, -0.05) is 13.8 Å². The van der Waals surface area contributed by atoms with E-state index in [1.54, 1.807) is 6.20 Å². The lowest BCUT2D eigenvalue weighted by Crippen LogP contribution is -2.03. The van der Waals surface area contributed by atoms with Crippen LogP contribution in [0.4, 0.5) is 0 Å². The van der Waals surface area contributed by atoms with Crippen molar-refractivity contribution in [2.45, 2.75) is 20.4 Å². The molecule has 0 aliphatic rings. The van der Waals surface area contributed by atoms with Crippen molar-refractivity contribution >= 4 is 27.1 Å². The third-order valence-electron chi connectivity index (χ3n) is 2.00. The molecule has 0 spiro atoms. The van der Waals surface area contributed by atoms with Gasteiger partial charge in [0.2, 0.25) is 0 Å². The number of hydrogen-bond donors (Lipinski definition) is 0. The molecular formula is C10H12BrN3. The van der Waals surface area contributed by atoms with Gasteiger partial charge in [-0.3, -0.25) is 0 Å². The van der Waals surface area contributed by atoms with Gasteiger partial charge >= 0.3 is 0 Å². The standard InChI is InChI=1S/C10H12BrN3/c1-7(2)6-14-4-3-8-10(14)12-5-9(11)13-8/h3-5,7H,6H2,1-2H3. The molecule has 4 heteroatoms. The summed E-state index contributed by atoms with van der Waals surface area (Å²) in [6.07, 6.45) is 3.77. The maximum absolute atomic E-state index is 4.35. The van der Waals surface area contributed by atoms with Crippen molar-refractivity contribution in [3.63, 3.8) is 0 Å². The molecule has 2 rings (SSSR count). The Labute approximate surface area is 91.3 Å². The fourth-order valence-corrected chi connectivity index (χ4v) is 1.77. The molecule has 2 aromatic rings. The Hall–Kier alpha value is -0.900. The summed E-state index contributed by atoms with van der Waals surface area (Å²) in [6, 6.07) is 2.00. The van der Waals surface area contributed by atoms with Crippen LogP contribution in [0, 0.1) is 5.92 Å². The van der Waals surface area contributed by atoms with Gasteiger partial charge < -0.3 is 4.57 Å². The van der Waals surface area contributed by atoms with Crippen LogP contribution in [0.5, 0.6) is 0 Å². The predicted molar refractivity (Wildman–Crippen MR) is 60.1 cm³/mol. The van der Waals surface area contributed by atoms with E-state index in [9.17, 15) is 0 Å². The lowest BCUT2D eigenvalue weighted by Gasteiger charge is -2.06. The van der Waals surface area contributed by atoms with Gasteiger partial charge in [-0.2, -0.15) is 0 Å². The lowest BCUT2D eigenvalue weighted by atomic mass is 10.2. The molecule has 0 bridgehead atoms. The quantitative estimate of drug-likeness (QED) is 0.825. The van der Waals surface area contributed by atoms with Gasteiger partial charge in [-0.25, -0.2) is 9.97 Å². The second-order valence-corrected chi connectivity index (χ2v) is 4.58. The lowest BCUT2D eigenvalue weighted by molar-refractivity contribution is 0.533. The van der Waals surface area contributed by atoms with Crippen LogP contribution >= 0.6 is 15.9 Å². The topological polar surface area (TPSA) is 30.7 Å². The highest BCUT2D eigenvalue weighted by Gasteiger charge is 2.05. The molecule has 74 valence electrons. The van der Waals surface area contributed by atoms with E-state index >= 15 is 0 Å². The molecule has 3 nitrogen and oxygen atoms in total. The second-order valence-electron chi connectivity index (χ2n) is 3.76. The normalized spacial score (nSPS) is 11.4. The molecule has 0 saturated carbocycles. The third-order valence-corrected chi connectivity index (χ3v) is 2.38. The largest absolute Gasteiger partial charge is 0.331 e. The fourth-order valence-electron chi connectivity index (χ4n) is 1.48. The van der Waals surface area contributed by atoms with Crippen molar-refractivity contribution in [2.24, 2.45) is 5.92 Å². The van der Waals surface area contributed by atoms with Crippen molar-refractivity contribution in [1.29, 1.82) is 0 Å². The Morgan fingerprint density at radius 2 is 2.29 bits per heavy atom. The van der Waals surface area contributed by atoms with Crippen LogP contribution < -0.4 is 0 Å². The van der Waals surface area contributed by atoms with Gasteiger partial charge in [-0.15, -0.1) is 0 Å². The Morgan fingerprint density at radius 1 is 1.50 bits per heavy atom. The van der Waals surface area contributed by atoms with Crippen LogP contribution in [-0.4, -0.2) is 14.5 Å². The third kappa shape index (κ3) is 1.80. The molecule has 0 aromatic carbocycles. The van der Waals surface area contributed by atoms with Crippen LogP contribution in [0.1, 0.15) is 13.8 Å². The number of halogens is 1. The summed E-state index contributed by atoms with van der Waals surface area (Å²) in [7, 11) is 0. The van der Waals surface area contributed by atoms with E-state index in [1.807, 2.05) is 12.3 Å². The number of hydrogen-bond acceptors (Lipinski definition) is 2. The number of aromatic nitrogens is 3. The van der Waals surface area contributed by atoms with Gasteiger partial charge in [0.05, 0.1) is 6.20 Å². The van der Waals surface area contributed by atoms with Crippen LogP contribution in [0.15, 0.2) is 23.1 Å². The van der Waals surface area contributed by atoms with E-state index in [4.69, 9.17) is 0 Å². The van der Waals surface area contributed by atoms with Gasteiger partial charge in [0.25, 0.3) is 0 Å². The van der Waals surface area contributed by atoms with Gasteiger partial charge in [-0.05, 0) is 27.9 Å². The predicted octanol–water partition coefficient (Wildman–Crippen LogP) is 2.85. The van der Waals surface area contributed by atoms with E-state index in [0.29, 0.717) is 5.92 Å². The molecule has 14 heavy (non-hydrogen) atoms. The first kappa shape index (κ1) is 9.65. The smallest absolute Gasteiger partial charge is 0.158 e. The summed E-state index contributed by atoms with van der Waals surface area (Å²) in [5.41, 5.74) is 1.90. The minimum Gasteiger partial charge on any atom is -0.331 e. The summed E-state index contributed by atoms with van der Waals surface area (Å²) < 4.78 is 2.92. The van der Waals surface area contributed by atoms with Crippen LogP contribution in [-0.2, 0) is 6.54 Å². The molecule has 0 atom stereocenters. The minimum absolute atomic E-state index is 0.621. The van der Waals surface area contributed by atoms with E-state index in [0.717, 1.165) is 22.3 Å². The Kier molecular flexibility index (Phi) is 2.54. The van der Waals surface area contributed by atoms with Gasteiger partial charge in [0.1, 0.15) is 10.1 Å². The first-order valence-electron chi connectivity index (χ1n) is 4.64. The zero-order valence-corrected chi connectivity index (χ0v) is 9.82. The van der Waals surface area contributed by atoms with E-state index in [2.05, 4.69) is 44.3 Å². The molecule has 0 radical (unpaired) electrons. The number of rotatable bonds is 2. The summed E-state index contributed by atoms with van der Waals surface area (Å²) >= 11 is 3.31. The molecule has 0 aliphatic heterocycles. The van der Waals surface area contributed by atoms with Crippen molar-refractivity contribution < 1.29 is 0 Å². The number of fused-ring (bicyclic) bond motifs is 1. The molecule has 2 heterocycles. The molecule has 0 unspecified atom stereocenters. The average Bonchev–Trinajstić information content (AvgIpc) is 2.47. The van der Waals surface area contributed by atoms with E-state index in [1.165, 1.54) is 0 Å². The van der Waals surface area contributed by atoms with E-state index < -0.39 is 0 Å². The highest BCUT2D eigenvalue weighted by atomic mass is 79.9. The summed E-state index contributed by atoms with van der Waals surface area (Å²) in [5.74, 6) is 0.621. The fraction of sp³-hybridized carbons (Fsp3) is 0.400. The maximum atomic E-state index is 4.35. The minimum atomic E-state index is 0.621. The van der Waals surface area contributed by atoms with Gasteiger partial charge in [0, 0.05) is 12.7 Å². The van der Waals surface area contributed by atoms with Crippen molar-refractivity contribution in [3.05, 3.63) is 23.1 Å². The summed E-state index contributed by atoms with van der Waals surface area (Å²) in [5, 5.41) is 0. The SMILES string of the molecule is CC(C)Cn1ccc2nc(Br)cnc21. The zero-order valence-electron chi connectivity index (χ0n) is 8.24. The van der Waals surface area contributed by atoms with Crippen LogP contribution in [0.3, 0.4) is 0 Å². The van der Waals surface area contributed by atoms with Crippen molar-refractivity contribution in [1.82, 2.24) is 14.5 Å². The Bertz CT molecular complexity index is 448. The average molecular weight is 254 g/mol. The highest BCUT2D eigenvalue weighted by molar-refractivity contribution is 9.10.